The molecule has 2 nitrogen and oxygen atoms in total. The van der Waals surface area contributed by atoms with Crippen molar-refractivity contribution in [2.45, 2.75) is 58.4 Å². The molecule has 0 amide bonds. The normalized spacial score (nSPS) is 18.0. The molecule has 1 aliphatic rings. The maximum Gasteiger partial charge on any atom is 0.164 e. The molecule has 1 aromatic rings. The molecule has 0 heterocycles. The van der Waals surface area contributed by atoms with Crippen molar-refractivity contribution >= 4 is 5.78 Å². The minimum absolute atomic E-state index is 0.208. The van der Waals surface area contributed by atoms with Gasteiger partial charge in [-0.2, -0.15) is 0 Å². The minimum atomic E-state index is -0.248. The Kier molecular flexibility index (Phi) is 3.58. The highest BCUT2D eigenvalue weighted by atomic mass is 16.1. The Labute approximate surface area is 110 Å². The third-order valence-corrected chi connectivity index (χ3v) is 4.25. The fourth-order valence-corrected chi connectivity index (χ4v) is 2.93. The SMILES string of the molecule is Cc1cc(C)c(C(=O)CC2(N)CCCC2)cc1C. The van der Waals surface area contributed by atoms with Crippen LogP contribution in [0.15, 0.2) is 12.1 Å². The van der Waals surface area contributed by atoms with Gasteiger partial charge in [0.1, 0.15) is 0 Å². The Morgan fingerprint density at radius 3 is 2.28 bits per heavy atom. The van der Waals surface area contributed by atoms with Gasteiger partial charge in [-0.1, -0.05) is 18.9 Å². The Bertz CT molecular complexity index is 470. The molecule has 2 N–H and O–H groups in total. The summed E-state index contributed by atoms with van der Waals surface area (Å²) in [5, 5.41) is 0. The van der Waals surface area contributed by atoms with E-state index in [0.717, 1.165) is 36.8 Å². The summed E-state index contributed by atoms with van der Waals surface area (Å²) in [6, 6.07) is 4.12. The van der Waals surface area contributed by atoms with Crippen LogP contribution in [0.25, 0.3) is 0 Å². The van der Waals surface area contributed by atoms with Crippen LogP contribution in [0.2, 0.25) is 0 Å². The highest BCUT2D eigenvalue weighted by Gasteiger charge is 2.32. The van der Waals surface area contributed by atoms with Crippen LogP contribution < -0.4 is 5.73 Å². The van der Waals surface area contributed by atoms with E-state index in [1.54, 1.807) is 0 Å². The molecule has 0 unspecified atom stereocenters. The molecular weight excluding hydrogens is 222 g/mol. The van der Waals surface area contributed by atoms with E-state index in [2.05, 4.69) is 19.9 Å². The summed E-state index contributed by atoms with van der Waals surface area (Å²) >= 11 is 0. The lowest BCUT2D eigenvalue weighted by Gasteiger charge is -2.23. The van der Waals surface area contributed by atoms with Gasteiger partial charge in [-0.25, -0.2) is 0 Å². The maximum atomic E-state index is 12.4. The molecule has 0 aromatic heterocycles. The Morgan fingerprint density at radius 1 is 1.11 bits per heavy atom. The molecule has 0 saturated heterocycles. The lowest BCUT2D eigenvalue weighted by Crippen LogP contribution is -2.38. The molecule has 0 spiro atoms. The van der Waals surface area contributed by atoms with Crippen molar-refractivity contribution < 1.29 is 4.79 Å². The van der Waals surface area contributed by atoms with Crippen molar-refractivity contribution in [1.29, 1.82) is 0 Å². The molecule has 1 saturated carbocycles. The van der Waals surface area contributed by atoms with Crippen molar-refractivity contribution in [3.05, 3.63) is 34.4 Å². The zero-order valence-corrected chi connectivity index (χ0v) is 11.7. The zero-order chi connectivity index (χ0) is 13.3. The largest absolute Gasteiger partial charge is 0.325 e. The average Bonchev–Trinajstić information content (AvgIpc) is 2.70. The van der Waals surface area contributed by atoms with Gasteiger partial charge >= 0.3 is 0 Å². The summed E-state index contributed by atoms with van der Waals surface area (Å²) in [4.78, 5) is 12.4. The third kappa shape index (κ3) is 2.64. The number of carbonyl (C=O) groups is 1. The molecule has 0 aliphatic heterocycles. The molecule has 0 atom stereocenters. The molecule has 2 heteroatoms. The lowest BCUT2D eigenvalue weighted by molar-refractivity contribution is 0.0951. The summed E-state index contributed by atoms with van der Waals surface area (Å²) in [6.07, 6.45) is 4.80. The fourth-order valence-electron chi connectivity index (χ4n) is 2.93. The molecule has 0 bridgehead atoms. The number of nitrogens with two attached hydrogens (primary N) is 1. The number of aryl methyl sites for hydroxylation is 3. The topological polar surface area (TPSA) is 43.1 Å². The maximum absolute atomic E-state index is 12.4. The molecular formula is C16H23NO. The van der Waals surface area contributed by atoms with E-state index in [-0.39, 0.29) is 11.3 Å². The van der Waals surface area contributed by atoms with Crippen LogP contribution in [0.5, 0.6) is 0 Å². The first kappa shape index (κ1) is 13.3. The van der Waals surface area contributed by atoms with Gasteiger partial charge in [0.15, 0.2) is 5.78 Å². The van der Waals surface area contributed by atoms with Crippen LogP contribution in [0.4, 0.5) is 0 Å². The van der Waals surface area contributed by atoms with Gasteiger partial charge in [-0.05, 0) is 56.4 Å². The van der Waals surface area contributed by atoms with Gasteiger partial charge < -0.3 is 5.73 Å². The van der Waals surface area contributed by atoms with E-state index in [0.29, 0.717) is 6.42 Å². The highest BCUT2D eigenvalue weighted by Crippen LogP contribution is 2.31. The number of hydrogen-bond donors (Lipinski definition) is 1. The van der Waals surface area contributed by atoms with Crippen LogP contribution in [0.3, 0.4) is 0 Å². The second-order valence-electron chi connectivity index (χ2n) is 5.92. The smallest absolute Gasteiger partial charge is 0.164 e. The van der Waals surface area contributed by atoms with Gasteiger partial charge in [-0.3, -0.25) is 4.79 Å². The number of carbonyl (C=O) groups excluding carboxylic acids is 1. The predicted octanol–water partition coefficient (Wildman–Crippen LogP) is 3.46. The molecule has 1 aliphatic carbocycles. The summed E-state index contributed by atoms with van der Waals surface area (Å²) in [5.74, 6) is 0.208. The van der Waals surface area contributed by atoms with Crippen LogP contribution in [0, 0.1) is 20.8 Å². The fraction of sp³-hybridized carbons (Fsp3) is 0.562. The molecule has 2 rings (SSSR count). The van der Waals surface area contributed by atoms with Crippen molar-refractivity contribution in [3.63, 3.8) is 0 Å². The van der Waals surface area contributed by atoms with E-state index < -0.39 is 0 Å². The Morgan fingerprint density at radius 2 is 1.67 bits per heavy atom. The molecule has 1 fully saturated rings. The molecule has 1 aromatic carbocycles. The van der Waals surface area contributed by atoms with Crippen molar-refractivity contribution in [2.75, 3.05) is 0 Å². The second-order valence-corrected chi connectivity index (χ2v) is 5.92. The lowest BCUT2D eigenvalue weighted by atomic mass is 9.87. The van der Waals surface area contributed by atoms with Crippen molar-refractivity contribution in [2.24, 2.45) is 5.73 Å². The summed E-state index contributed by atoms with van der Waals surface area (Å²) in [7, 11) is 0. The highest BCUT2D eigenvalue weighted by molar-refractivity contribution is 5.98. The zero-order valence-electron chi connectivity index (χ0n) is 11.7. The molecule has 18 heavy (non-hydrogen) atoms. The number of rotatable bonds is 3. The van der Waals surface area contributed by atoms with Crippen LogP contribution >= 0.6 is 0 Å². The van der Waals surface area contributed by atoms with Crippen molar-refractivity contribution in [3.8, 4) is 0 Å². The summed E-state index contributed by atoms with van der Waals surface area (Å²) in [5.41, 5.74) is 10.4. The monoisotopic (exact) mass is 245 g/mol. The van der Waals surface area contributed by atoms with Crippen LogP contribution in [-0.2, 0) is 0 Å². The van der Waals surface area contributed by atoms with Gasteiger partial charge in [-0.15, -0.1) is 0 Å². The van der Waals surface area contributed by atoms with E-state index in [4.69, 9.17) is 5.73 Å². The summed E-state index contributed by atoms with van der Waals surface area (Å²) in [6.45, 7) is 6.15. The van der Waals surface area contributed by atoms with Gasteiger partial charge in [0.2, 0.25) is 0 Å². The van der Waals surface area contributed by atoms with E-state index in [9.17, 15) is 4.79 Å². The number of ketones is 1. The summed E-state index contributed by atoms with van der Waals surface area (Å²) < 4.78 is 0. The third-order valence-electron chi connectivity index (χ3n) is 4.25. The first-order valence-electron chi connectivity index (χ1n) is 6.81. The van der Waals surface area contributed by atoms with E-state index in [1.807, 2.05) is 13.0 Å². The van der Waals surface area contributed by atoms with Crippen LogP contribution in [0.1, 0.15) is 59.2 Å². The van der Waals surface area contributed by atoms with Gasteiger partial charge in [0.05, 0.1) is 0 Å². The van der Waals surface area contributed by atoms with E-state index in [1.165, 1.54) is 11.1 Å². The van der Waals surface area contributed by atoms with E-state index >= 15 is 0 Å². The van der Waals surface area contributed by atoms with Gasteiger partial charge in [0, 0.05) is 17.5 Å². The van der Waals surface area contributed by atoms with Crippen LogP contribution in [-0.4, -0.2) is 11.3 Å². The molecule has 98 valence electrons. The first-order valence-corrected chi connectivity index (χ1v) is 6.81. The average molecular weight is 245 g/mol. The number of Topliss-reactive ketones (excluding diaryl/α,β-unsaturated/α-hetero) is 1. The standard InChI is InChI=1S/C16H23NO/c1-11-8-13(3)14(9-12(11)2)15(18)10-16(17)6-4-5-7-16/h8-9H,4-7,10,17H2,1-3H3. The van der Waals surface area contributed by atoms with Gasteiger partial charge in [0.25, 0.3) is 0 Å². The number of benzene rings is 1. The molecule has 0 radical (unpaired) electrons. The van der Waals surface area contributed by atoms with Crippen molar-refractivity contribution in [1.82, 2.24) is 0 Å². The minimum Gasteiger partial charge on any atom is -0.325 e. The predicted molar refractivity (Wildman–Crippen MR) is 75.0 cm³/mol. The Hall–Kier alpha value is -1.15. The second kappa shape index (κ2) is 4.85. The number of hydrogen-bond acceptors (Lipinski definition) is 2. The Balaban J connectivity index is 2.21. The first-order chi connectivity index (χ1) is 8.41. The quantitative estimate of drug-likeness (QED) is 0.829.